The molecule has 23 heavy (non-hydrogen) atoms. The monoisotopic (exact) mass is 347 g/mol. The molecule has 0 aliphatic rings. The normalized spacial score (nSPS) is 13.7. The Hall–Kier alpha value is -1.93. The minimum atomic E-state index is -2.04. The SMILES string of the molecule is CC(CC(O)c1cccs1)NC(=O)c1cc(F)c(F)c(F)c1F. The molecule has 1 aromatic heterocycles. The quantitative estimate of drug-likeness (QED) is 0.494. The maximum absolute atomic E-state index is 13.5. The lowest BCUT2D eigenvalue weighted by molar-refractivity contribution is 0.0912. The summed E-state index contributed by atoms with van der Waals surface area (Å²) in [6, 6.07) is 3.17. The molecular weight excluding hydrogens is 334 g/mol. The van der Waals surface area contributed by atoms with E-state index in [0.29, 0.717) is 10.9 Å². The summed E-state index contributed by atoms with van der Waals surface area (Å²) in [7, 11) is 0. The van der Waals surface area contributed by atoms with E-state index in [0.717, 1.165) is 0 Å². The zero-order chi connectivity index (χ0) is 17.1. The third-order valence-electron chi connectivity index (χ3n) is 3.17. The highest BCUT2D eigenvalue weighted by molar-refractivity contribution is 7.10. The van der Waals surface area contributed by atoms with Crippen LogP contribution in [0.2, 0.25) is 0 Å². The highest BCUT2D eigenvalue weighted by atomic mass is 32.1. The van der Waals surface area contributed by atoms with Crippen LogP contribution in [0.25, 0.3) is 0 Å². The number of carbonyl (C=O) groups is 1. The number of halogens is 4. The first-order chi connectivity index (χ1) is 10.8. The molecule has 3 nitrogen and oxygen atoms in total. The second-order valence-electron chi connectivity index (χ2n) is 4.99. The van der Waals surface area contributed by atoms with Crippen molar-refractivity contribution in [1.82, 2.24) is 5.32 Å². The van der Waals surface area contributed by atoms with Gasteiger partial charge in [-0.2, -0.15) is 0 Å². The third kappa shape index (κ3) is 3.89. The van der Waals surface area contributed by atoms with E-state index in [4.69, 9.17) is 0 Å². The summed E-state index contributed by atoms with van der Waals surface area (Å²) >= 11 is 1.33. The zero-order valence-corrected chi connectivity index (χ0v) is 12.8. The van der Waals surface area contributed by atoms with E-state index in [1.165, 1.54) is 11.3 Å². The Morgan fingerprint density at radius 2 is 1.96 bits per heavy atom. The number of aliphatic hydroxyl groups is 1. The summed E-state index contributed by atoms with van der Waals surface area (Å²) in [5.74, 6) is -8.51. The Labute approximate surface area is 133 Å². The highest BCUT2D eigenvalue weighted by Gasteiger charge is 2.24. The van der Waals surface area contributed by atoms with Gasteiger partial charge < -0.3 is 10.4 Å². The van der Waals surface area contributed by atoms with Crippen molar-refractivity contribution < 1.29 is 27.5 Å². The van der Waals surface area contributed by atoms with Gasteiger partial charge in [0, 0.05) is 10.9 Å². The van der Waals surface area contributed by atoms with Gasteiger partial charge in [-0.1, -0.05) is 6.07 Å². The van der Waals surface area contributed by atoms with E-state index in [1.807, 2.05) is 0 Å². The summed E-state index contributed by atoms with van der Waals surface area (Å²) in [4.78, 5) is 12.6. The van der Waals surface area contributed by atoms with Crippen LogP contribution in [-0.2, 0) is 0 Å². The van der Waals surface area contributed by atoms with Crippen LogP contribution in [0.5, 0.6) is 0 Å². The van der Waals surface area contributed by atoms with Gasteiger partial charge in [-0.15, -0.1) is 11.3 Å². The maximum Gasteiger partial charge on any atom is 0.254 e. The first kappa shape index (κ1) is 17.4. The first-order valence-corrected chi connectivity index (χ1v) is 7.54. The standard InChI is InChI=1S/C15H13F4NO2S/c1-7(5-10(21)11-3-2-4-23-11)20-15(22)8-6-9(16)13(18)14(19)12(8)17/h2-4,6-7,10,21H,5H2,1H3,(H,20,22). The van der Waals surface area contributed by atoms with Gasteiger partial charge in [-0.25, -0.2) is 17.6 Å². The maximum atomic E-state index is 13.5. The average Bonchev–Trinajstić information content (AvgIpc) is 3.02. The van der Waals surface area contributed by atoms with E-state index in [2.05, 4.69) is 5.32 Å². The molecule has 0 saturated carbocycles. The number of carbonyl (C=O) groups excluding carboxylic acids is 1. The molecule has 8 heteroatoms. The molecule has 1 heterocycles. The summed E-state index contributed by atoms with van der Waals surface area (Å²) in [6.45, 7) is 1.54. The largest absolute Gasteiger partial charge is 0.387 e. The van der Waals surface area contributed by atoms with E-state index < -0.39 is 46.9 Å². The van der Waals surface area contributed by atoms with Gasteiger partial charge in [0.25, 0.3) is 5.91 Å². The van der Waals surface area contributed by atoms with Gasteiger partial charge in [0.15, 0.2) is 23.3 Å². The fraction of sp³-hybridized carbons (Fsp3) is 0.267. The molecule has 0 spiro atoms. The van der Waals surface area contributed by atoms with Crippen LogP contribution in [0.15, 0.2) is 23.6 Å². The van der Waals surface area contributed by atoms with Gasteiger partial charge in [-0.05, 0) is 30.9 Å². The van der Waals surface area contributed by atoms with Crippen LogP contribution < -0.4 is 5.32 Å². The van der Waals surface area contributed by atoms with E-state index >= 15 is 0 Å². The first-order valence-electron chi connectivity index (χ1n) is 6.66. The minimum Gasteiger partial charge on any atom is -0.387 e. The Morgan fingerprint density at radius 3 is 2.57 bits per heavy atom. The molecule has 124 valence electrons. The van der Waals surface area contributed by atoms with Crippen LogP contribution in [0.1, 0.15) is 34.7 Å². The second-order valence-corrected chi connectivity index (χ2v) is 5.97. The van der Waals surface area contributed by atoms with Crippen LogP contribution in [0.3, 0.4) is 0 Å². The minimum absolute atomic E-state index is 0.125. The molecule has 0 radical (unpaired) electrons. The van der Waals surface area contributed by atoms with E-state index in [-0.39, 0.29) is 6.42 Å². The van der Waals surface area contributed by atoms with Crippen molar-refractivity contribution in [2.75, 3.05) is 0 Å². The molecule has 1 amide bonds. The number of nitrogens with one attached hydrogen (secondary N) is 1. The third-order valence-corrected chi connectivity index (χ3v) is 4.15. The average molecular weight is 347 g/mol. The van der Waals surface area contributed by atoms with Crippen LogP contribution in [-0.4, -0.2) is 17.1 Å². The topological polar surface area (TPSA) is 49.3 Å². The number of aliphatic hydroxyl groups excluding tert-OH is 1. The predicted octanol–water partition coefficient (Wildman–Crippen LogP) is 3.55. The van der Waals surface area contributed by atoms with Gasteiger partial charge >= 0.3 is 0 Å². The Balaban J connectivity index is 2.07. The molecule has 2 unspecified atom stereocenters. The summed E-state index contributed by atoms with van der Waals surface area (Å²) in [5.41, 5.74) is -0.932. The molecule has 2 rings (SSSR count). The summed E-state index contributed by atoms with van der Waals surface area (Å²) in [5, 5.41) is 14.1. The van der Waals surface area contributed by atoms with Gasteiger partial charge in [-0.3, -0.25) is 4.79 Å². The van der Waals surface area contributed by atoms with Crippen LogP contribution >= 0.6 is 11.3 Å². The number of hydrogen-bond acceptors (Lipinski definition) is 3. The number of hydrogen-bond donors (Lipinski definition) is 2. The van der Waals surface area contributed by atoms with Crippen molar-refractivity contribution >= 4 is 17.2 Å². The molecule has 0 aliphatic carbocycles. The number of thiophene rings is 1. The lowest BCUT2D eigenvalue weighted by Crippen LogP contribution is -2.34. The molecular formula is C15H13F4NO2S. The zero-order valence-electron chi connectivity index (χ0n) is 11.9. The van der Waals surface area contributed by atoms with Crippen molar-refractivity contribution in [1.29, 1.82) is 0 Å². The lowest BCUT2D eigenvalue weighted by atomic mass is 10.1. The lowest BCUT2D eigenvalue weighted by Gasteiger charge is -2.17. The molecule has 0 fully saturated rings. The second kappa shape index (κ2) is 7.10. The molecule has 2 atom stereocenters. The Morgan fingerprint density at radius 1 is 1.26 bits per heavy atom. The number of amides is 1. The smallest absolute Gasteiger partial charge is 0.254 e. The number of benzene rings is 1. The van der Waals surface area contributed by atoms with Crippen molar-refractivity contribution in [2.24, 2.45) is 0 Å². The van der Waals surface area contributed by atoms with Crippen LogP contribution in [0.4, 0.5) is 17.6 Å². The fourth-order valence-corrected chi connectivity index (χ4v) is 2.76. The fourth-order valence-electron chi connectivity index (χ4n) is 2.03. The van der Waals surface area contributed by atoms with Crippen LogP contribution in [0, 0.1) is 23.3 Å². The van der Waals surface area contributed by atoms with E-state index in [1.54, 1.807) is 24.4 Å². The Bertz CT molecular complexity index is 706. The van der Waals surface area contributed by atoms with E-state index in [9.17, 15) is 27.5 Å². The number of rotatable bonds is 5. The molecule has 0 bridgehead atoms. The molecule has 2 N–H and O–H groups in total. The predicted molar refractivity (Wildman–Crippen MR) is 77.1 cm³/mol. The van der Waals surface area contributed by atoms with Crippen molar-refractivity contribution in [3.05, 3.63) is 57.3 Å². The molecule has 0 aliphatic heterocycles. The van der Waals surface area contributed by atoms with Gasteiger partial charge in [0.1, 0.15) is 0 Å². The van der Waals surface area contributed by atoms with Crippen molar-refractivity contribution in [3.63, 3.8) is 0 Å². The Kier molecular flexibility index (Phi) is 5.38. The van der Waals surface area contributed by atoms with Gasteiger partial charge in [0.2, 0.25) is 0 Å². The van der Waals surface area contributed by atoms with Gasteiger partial charge in [0.05, 0.1) is 11.7 Å². The molecule has 0 saturated heterocycles. The molecule has 1 aromatic carbocycles. The summed E-state index contributed by atoms with van der Waals surface area (Å²) < 4.78 is 52.7. The van der Waals surface area contributed by atoms with Crippen molar-refractivity contribution in [3.8, 4) is 0 Å². The highest BCUT2D eigenvalue weighted by Crippen LogP contribution is 2.23. The van der Waals surface area contributed by atoms with Crippen molar-refractivity contribution in [2.45, 2.75) is 25.5 Å². The summed E-state index contributed by atoms with van der Waals surface area (Å²) in [6.07, 6.45) is -0.711. The molecule has 2 aromatic rings.